The first-order valence-electron chi connectivity index (χ1n) is 14.0. The lowest BCUT2D eigenvalue weighted by atomic mass is 10.1. The molecule has 1 aromatic carbocycles. The van der Waals surface area contributed by atoms with Gasteiger partial charge in [-0.05, 0) is 29.6 Å². The van der Waals surface area contributed by atoms with E-state index in [1.54, 1.807) is 7.11 Å². The Balaban J connectivity index is 1.42. The van der Waals surface area contributed by atoms with Crippen LogP contribution >= 0.6 is 0 Å². The summed E-state index contributed by atoms with van der Waals surface area (Å²) in [6.07, 6.45) is 5.39. The second-order valence-electron chi connectivity index (χ2n) is 9.23. The molecule has 2 heterocycles. The van der Waals surface area contributed by atoms with Crippen LogP contribution in [0.3, 0.4) is 0 Å². The second kappa shape index (κ2) is 18.7. The van der Waals surface area contributed by atoms with Crippen LogP contribution in [0.4, 0.5) is 11.8 Å². The number of ether oxygens (including phenoxy) is 5. The molecule has 0 saturated carbocycles. The number of anilines is 2. The van der Waals surface area contributed by atoms with Crippen molar-refractivity contribution in [3.63, 3.8) is 0 Å². The molecular formula is C28H42N8O5. The Kier molecular flexibility index (Phi) is 14.5. The maximum atomic E-state index is 8.18. The highest BCUT2D eigenvalue weighted by Crippen LogP contribution is 2.27. The third-order valence-corrected chi connectivity index (χ3v) is 6.18. The molecule has 3 N–H and O–H groups in total. The summed E-state index contributed by atoms with van der Waals surface area (Å²) in [7, 11) is 1.67. The van der Waals surface area contributed by atoms with Gasteiger partial charge in [0.1, 0.15) is 11.3 Å². The van der Waals surface area contributed by atoms with Gasteiger partial charge in [-0.15, -0.1) is 0 Å². The average Bonchev–Trinajstić information content (AvgIpc) is 3.38. The first-order valence-corrected chi connectivity index (χ1v) is 14.0. The number of nitrogen functional groups attached to an aromatic ring is 1. The SMILES string of the molecule is CCCCCNc1nc(N)nc2ccn(Cc3ccc(COCCOCCOCCOCCN=[N+]=[N-])cc3OC)c12. The van der Waals surface area contributed by atoms with Crippen LogP contribution in [0.2, 0.25) is 0 Å². The first kappa shape index (κ1) is 31.9. The molecule has 0 fully saturated rings. The topological polar surface area (TPSA) is 164 Å². The lowest BCUT2D eigenvalue weighted by molar-refractivity contribution is -0.00336. The van der Waals surface area contributed by atoms with E-state index in [1.807, 2.05) is 24.4 Å². The average molecular weight is 571 g/mol. The number of hydrogen-bond acceptors (Lipinski definition) is 10. The molecular weight excluding hydrogens is 528 g/mol. The number of methoxy groups -OCH3 is 1. The minimum atomic E-state index is 0.260. The molecule has 3 aromatic rings. The Labute approximate surface area is 240 Å². The van der Waals surface area contributed by atoms with E-state index < -0.39 is 0 Å². The highest BCUT2D eigenvalue weighted by Gasteiger charge is 2.13. The van der Waals surface area contributed by atoms with E-state index in [2.05, 4.69) is 42.9 Å². The summed E-state index contributed by atoms with van der Waals surface area (Å²) in [5.74, 6) is 1.80. The molecule has 41 heavy (non-hydrogen) atoms. The van der Waals surface area contributed by atoms with Gasteiger partial charge in [0.25, 0.3) is 0 Å². The van der Waals surface area contributed by atoms with Crippen molar-refractivity contribution >= 4 is 22.8 Å². The number of nitrogens with zero attached hydrogens (tertiary/aromatic N) is 6. The van der Waals surface area contributed by atoms with E-state index in [0.29, 0.717) is 65.9 Å². The standard InChI is InChI=1S/C28H42N8O5/c1-3-4-5-9-31-27-26-24(33-28(29)34-27)8-11-36(26)20-23-7-6-22(19-25(23)37-2)21-41-18-17-40-16-15-39-14-13-38-12-10-32-35-30/h6-8,11,19H,3-5,9-10,12-18,20-21H2,1-2H3,(H3,29,31,33,34). The summed E-state index contributed by atoms with van der Waals surface area (Å²) >= 11 is 0. The molecule has 0 aliphatic carbocycles. The molecule has 2 aromatic heterocycles. The van der Waals surface area contributed by atoms with E-state index in [0.717, 1.165) is 59.5 Å². The van der Waals surface area contributed by atoms with Crippen LogP contribution in [0.1, 0.15) is 37.3 Å². The molecule has 224 valence electrons. The van der Waals surface area contributed by atoms with Gasteiger partial charge in [-0.2, -0.15) is 4.98 Å². The number of nitrogens with one attached hydrogen (secondary N) is 1. The third kappa shape index (κ3) is 11.1. The number of benzene rings is 1. The Morgan fingerprint density at radius 2 is 1.71 bits per heavy atom. The van der Waals surface area contributed by atoms with Gasteiger partial charge in [0.15, 0.2) is 5.82 Å². The lowest BCUT2D eigenvalue weighted by Crippen LogP contribution is -2.12. The third-order valence-electron chi connectivity index (χ3n) is 6.18. The summed E-state index contributed by atoms with van der Waals surface area (Å²) in [6.45, 7) is 7.61. The number of azide groups is 1. The zero-order chi connectivity index (χ0) is 29.1. The van der Waals surface area contributed by atoms with Crippen LogP contribution in [-0.2, 0) is 32.1 Å². The summed E-state index contributed by atoms with van der Waals surface area (Å²) in [6, 6.07) is 8.07. The predicted molar refractivity (Wildman–Crippen MR) is 158 cm³/mol. The van der Waals surface area contributed by atoms with Crippen LogP contribution in [0, 0.1) is 0 Å². The van der Waals surface area contributed by atoms with Crippen molar-refractivity contribution in [2.24, 2.45) is 5.11 Å². The van der Waals surface area contributed by atoms with E-state index in [-0.39, 0.29) is 5.95 Å². The Hall–Kier alpha value is -3.61. The second-order valence-corrected chi connectivity index (χ2v) is 9.23. The van der Waals surface area contributed by atoms with Crippen molar-refractivity contribution in [2.45, 2.75) is 39.3 Å². The number of hydrogen-bond donors (Lipinski definition) is 2. The fraction of sp³-hybridized carbons (Fsp3) is 0.571. The van der Waals surface area contributed by atoms with Gasteiger partial charge in [-0.3, -0.25) is 0 Å². The van der Waals surface area contributed by atoms with Crippen LogP contribution in [0.15, 0.2) is 35.6 Å². The molecule has 0 saturated heterocycles. The van der Waals surface area contributed by atoms with Gasteiger partial charge < -0.3 is 39.3 Å². The number of aromatic nitrogens is 3. The molecule has 13 heteroatoms. The minimum Gasteiger partial charge on any atom is -0.496 e. The molecule has 0 bridgehead atoms. The first-order chi connectivity index (χ1) is 20.2. The molecule has 3 rings (SSSR count). The summed E-state index contributed by atoms with van der Waals surface area (Å²) in [4.78, 5) is 11.5. The maximum Gasteiger partial charge on any atom is 0.222 e. The normalized spacial score (nSPS) is 11.1. The highest BCUT2D eigenvalue weighted by molar-refractivity contribution is 5.87. The monoisotopic (exact) mass is 570 g/mol. The fourth-order valence-electron chi connectivity index (χ4n) is 4.15. The quantitative estimate of drug-likeness (QED) is 0.0763. The van der Waals surface area contributed by atoms with Gasteiger partial charge in [0, 0.05) is 29.8 Å². The number of nitrogens with two attached hydrogens (primary N) is 1. The lowest BCUT2D eigenvalue weighted by Gasteiger charge is -2.14. The Bertz CT molecular complexity index is 1230. The van der Waals surface area contributed by atoms with Crippen molar-refractivity contribution in [3.05, 3.63) is 52.0 Å². The minimum absolute atomic E-state index is 0.260. The Morgan fingerprint density at radius 1 is 0.976 bits per heavy atom. The molecule has 0 amide bonds. The van der Waals surface area contributed by atoms with Crippen LogP contribution in [0.25, 0.3) is 21.5 Å². The number of unbranched alkanes of at least 4 members (excludes halogenated alkanes) is 2. The van der Waals surface area contributed by atoms with Crippen molar-refractivity contribution in [1.82, 2.24) is 14.5 Å². The zero-order valence-electron chi connectivity index (χ0n) is 24.1. The molecule has 13 nitrogen and oxygen atoms in total. The fourth-order valence-corrected chi connectivity index (χ4v) is 4.15. The van der Waals surface area contributed by atoms with E-state index in [1.165, 1.54) is 0 Å². The van der Waals surface area contributed by atoms with E-state index in [4.69, 9.17) is 34.9 Å². The molecule has 0 atom stereocenters. The van der Waals surface area contributed by atoms with Gasteiger partial charge in [-0.25, -0.2) is 4.98 Å². The van der Waals surface area contributed by atoms with Gasteiger partial charge in [-0.1, -0.05) is 37.0 Å². The zero-order valence-corrected chi connectivity index (χ0v) is 24.1. The van der Waals surface area contributed by atoms with Crippen LogP contribution in [-0.4, -0.2) is 81.0 Å². The van der Waals surface area contributed by atoms with E-state index in [9.17, 15) is 0 Å². The summed E-state index contributed by atoms with van der Waals surface area (Å²) < 4.78 is 29.8. The van der Waals surface area contributed by atoms with Crippen molar-refractivity contribution < 1.29 is 23.7 Å². The largest absolute Gasteiger partial charge is 0.496 e. The highest BCUT2D eigenvalue weighted by atomic mass is 16.6. The summed E-state index contributed by atoms with van der Waals surface area (Å²) in [5.41, 5.74) is 17.9. The number of fused-ring (bicyclic) bond motifs is 1. The van der Waals surface area contributed by atoms with Crippen molar-refractivity contribution in [2.75, 3.05) is 77.5 Å². The summed E-state index contributed by atoms with van der Waals surface area (Å²) in [5, 5.41) is 6.83. The maximum absolute atomic E-state index is 8.18. The predicted octanol–water partition coefficient (Wildman–Crippen LogP) is 4.55. The van der Waals surface area contributed by atoms with Gasteiger partial charge in [0.2, 0.25) is 5.95 Å². The van der Waals surface area contributed by atoms with Crippen molar-refractivity contribution in [1.29, 1.82) is 0 Å². The van der Waals surface area contributed by atoms with Crippen molar-refractivity contribution in [3.8, 4) is 5.75 Å². The number of rotatable bonds is 22. The molecule has 0 unspecified atom stereocenters. The molecule has 0 aliphatic rings. The van der Waals surface area contributed by atoms with Crippen LogP contribution in [0.5, 0.6) is 5.75 Å². The smallest absolute Gasteiger partial charge is 0.222 e. The molecule has 0 aliphatic heterocycles. The van der Waals surface area contributed by atoms with E-state index >= 15 is 0 Å². The van der Waals surface area contributed by atoms with Crippen LogP contribution < -0.4 is 15.8 Å². The molecule has 0 spiro atoms. The Morgan fingerprint density at radius 3 is 2.41 bits per heavy atom. The van der Waals surface area contributed by atoms with Gasteiger partial charge >= 0.3 is 0 Å². The molecule has 0 radical (unpaired) electrons. The van der Waals surface area contributed by atoms with Gasteiger partial charge in [0.05, 0.1) is 72.0 Å².